The first kappa shape index (κ1) is 15.0. The molecule has 0 atom stereocenters. The number of nitrogens with one attached hydrogen (secondary N) is 1. The topological polar surface area (TPSA) is 39.1 Å². The van der Waals surface area contributed by atoms with Gasteiger partial charge >= 0.3 is 0 Å². The molecule has 0 radical (unpaired) electrons. The molecule has 0 fully saturated rings. The molecule has 0 unspecified atom stereocenters. The molecule has 1 N–H and O–H groups in total. The van der Waals surface area contributed by atoms with Crippen molar-refractivity contribution in [2.45, 2.75) is 32.7 Å². The second-order valence-electron chi connectivity index (χ2n) is 5.08. The van der Waals surface area contributed by atoms with Crippen molar-refractivity contribution in [2.75, 3.05) is 19.8 Å². The van der Waals surface area contributed by atoms with E-state index in [9.17, 15) is 0 Å². The second kappa shape index (κ2) is 8.02. The summed E-state index contributed by atoms with van der Waals surface area (Å²) >= 11 is 0. The van der Waals surface area contributed by atoms with Crippen molar-refractivity contribution in [3.05, 3.63) is 30.0 Å². The van der Waals surface area contributed by atoms with Crippen LogP contribution in [0.15, 0.2) is 24.3 Å². The Labute approximate surface area is 121 Å². The fraction of sp³-hybridized carbons (Fsp3) is 0.562. The number of rotatable bonds is 9. The molecule has 20 heavy (non-hydrogen) atoms. The maximum atomic E-state index is 5.54. The SMILES string of the molecule is CCCCOCCCNCc1nn(C)c2ccccc12. The Kier molecular flexibility index (Phi) is 6.02. The van der Waals surface area contributed by atoms with Crippen LogP contribution in [-0.2, 0) is 18.3 Å². The molecule has 0 aliphatic rings. The third kappa shape index (κ3) is 4.05. The van der Waals surface area contributed by atoms with Crippen molar-refractivity contribution in [1.82, 2.24) is 15.1 Å². The number of aromatic nitrogens is 2. The standard InChI is InChI=1S/C16H25N3O/c1-3-4-11-20-12-7-10-17-13-15-14-8-5-6-9-16(14)19(2)18-15/h5-6,8-9,17H,3-4,7,10-13H2,1-2H3. The zero-order valence-corrected chi connectivity index (χ0v) is 12.6. The Balaban J connectivity index is 1.71. The molecule has 4 heteroatoms. The van der Waals surface area contributed by atoms with E-state index in [0.717, 1.165) is 44.8 Å². The summed E-state index contributed by atoms with van der Waals surface area (Å²) < 4.78 is 7.49. The van der Waals surface area contributed by atoms with Crippen molar-refractivity contribution in [3.63, 3.8) is 0 Å². The van der Waals surface area contributed by atoms with E-state index in [2.05, 4.69) is 41.6 Å². The lowest BCUT2D eigenvalue weighted by Gasteiger charge is -2.04. The van der Waals surface area contributed by atoms with Crippen molar-refractivity contribution < 1.29 is 4.74 Å². The summed E-state index contributed by atoms with van der Waals surface area (Å²) in [5, 5.41) is 9.25. The first-order chi connectivity index (χ1) is 9.83. The van der Waals surface area contributed by atoms with Crippen molar-refractivity contribution in [1.29, 1.82) is 0 Å². The first-order valence-electron chi connectivity index (χ1n) is 7.52. The number of benzene rings is 1. The molecular formula is C16H25N3O. The maximum Gasteiger partial charge on any atom is 0.0841 e. The smallest absolute Gasteiger partial charge is 0.0841 e. The number of fused-ring (bicyclic) bond motifs is 1. The monoisotopic (exact) mass is 275 g/mol. The van der Waals surface area contributed by atoms with Crippen LogP contribution in [0.25, 0.3) is 10.9 Å². The molecule has 0 saturated carbocycles. The fourth-order valence-electron chi connectivity index (χ4n) is 2.27. The van der Waals surface area contributed by atoms with Crippen LogP contribution >= 0.6 is 0 Å². The van der Waals surface area contributed by atoms with Gasteiger partial charge in [0.1, 0.15) is 0 Å². The lowest BCUT2D eigenvalue weighted by atomic mass is 10.2. The summed E-state index contributed by atoms with van der Waals surface area (Å²) in [5.41, 5.74) is 2.31. The molecule has 2 rings (SSSR count). The van der Waals surface area contributed by atoms with Gasteiger partial charge < -0.3 is 10.1 Å². The summed E-state index contributed by atoms with van der Waals surface area (Å²) in [5.74, 6) is 0. The molecule has 0 aliphatic carbocycles. The number of hydrogen-bond acceptors (Lipinski definition) is 3. The molecule has 1 aromatic carbocycles. The third-order valence-corrected chi connectivity index (χ3v) is 3.41. The van der Waals surface area contributed by atoms with Crippen molar-refractivity contribution >= 4 is 10.9 Å². The summed E-state index contributed by atoms with van der Waals surface area (Å²) in [6, 6.07) is 8.35. The minimum absolute atomic E-state index is 0.816. The average molecular weight is 275 g/mol. The summed E-state index contributed by atoms with van der Waals surface area (Å²) in [7, 11) is 1.99. The van der Waals surface area contributed by atoms with Crippen molar-refractivity contribution in [2.24, 2.45) is 7.05 Å². The van der Waals surface area contributed by atoms with Gasteiger partial charge in [0.25, 0.3) is 0 Å². The predicted octanol–water partition coefficient (Wildman–Crippen LogP) is 2.87. The van der Waals surface area contributed by atoms with E-state index < -0.39 is 0 Å². The molecule has 0 saturated heterocycles. The number of para-hydroxylation sites is 1. The quantitative estimate of drug-likeness (QED) is 0.715. The number of hydrogen-bond donors (Lipinski definition) is 1. The van der Waals surface area contributed by atoms with Gasteiger partial charge in [-0.15, -0.1) is 0 Å². The Morgan fingerprint density at radius 3 is 2.85 bits per heavy atom. The third-order valence-electron chi connectivity index (χ3n) is 3.41. The number of unbranched alkanes of at least 4 members (excludes halogenated alkanes) is 1. The number of ether oxygens (including phenoxy) is 1. The lowest BCUT2D eigenvalue weighted by molar-refractivity contribution is 0.128. The van der Waals surface area contributed by atoms with Gasteiger partial charge in [0.05, 0.1) is 11.2 Å². The highest BCUT2D eigenvalue weighted by Gasteiger charge is 2.06. The molecule has 4 nitrogen and oxygen atoms in total. The zero-order chi connectivity index (χ0) is 14.2. The van der Waals surface area contributed by atoms with E-state index >= 15 is 0 Å². The Morgan fingerprint density at radius 1 is 1.20 bits per heavy atom. The van der Waals surface area contributed by atoms with Gasteiger partial charge in [-0.2, -0.15) is 5.10 Å². The van der Waals surface area contributed by atoms with Gasteiger partial charge in [0.15, 0.2) is 0 Å². The fourth-order valence-corrected chi connectivity index (χ4v) is 2.27. The Bertz CT molecular complexity index is 521. The largest absolute Gasteiger partial charge is 0.381 e. The first-order valence-corrected chi connectivity index (χ1v) is 7.52. The van der Waals surface area contributed by atoms with Crippen LogP contribution in [0, 0.1) is 0 Å². The highest BCUT2D eigenvalue weighted by atomic mass is 16.5. The van der Waals surface area contributed by atoms with Gasteiger partial charge in [-0.1, -0.05) is 31.5 Å². The van der Waals surface area contributed by atoms with Gasteiger partial charge in [-0.05, 0) is 25.5 Å². The van der Waals surface area contributed by atoms with Crippen LogP contribution in [0.3, 0.4) is 0 Å². The summed E-state index contributed by atoms with van der Waals surface area (Å²) in [6.07, 6.45) is 3.41. The van der Waals surface area contributed by atoms with E-state index in [4.69, 9.17) is 4.74 Å². The molecule has 0 spiro atoms. The number of aryl methyl sites for hydroxylation is 1. The van der Waals surface area contributed by atoms with Crippen molar-refractivity contribution in [3.8, 4) is 0 Å². The van der Waals surface area contributed by atoms with E-state index in [1.54, 1.807) is 0 Å². The van der Waals surface area contributed by atoms with E-state index in [-0.39, 0.29) is 0 Å². The van der Waals surface area contributed by atoms with Gasteiger partial charge in [0, 0.05) is 32.2 Å². The van der Waals surface area contributed by atoms with Crippen LogP contribution in [0.1, 0.15) is 31.9 Å². The Morgan fingerprint density at radius 2 is 2.00 bits per heavy atom. The average Bonchev–Trinajstić information content (AvgIpc) is 2.79. The normalized spacial score (nSPS) is 11.3. The van der Waals surface area contributed by atoms with E-state index in [0.29, 0.717) is 0 Å². The zero-order valence-electron chi connectivity index (χ0n) is 12.6. The number of nitrogens with zero attached hydrogens (tertiary/aromatic N) is 2. The van der Waals surface area contributed by atoms with Crippen LogP contribution < -0.4 is 5.32 Å². The molecule has 0 aliphatic heterocycles. The molecule has 0 bridgehead atoms. The van der Waals surface area contributed by atoms with Crippen LogP contribution in [0.5, 0.6) is 0 Å². The Hall–Kier alpha value is -1.39. The maximum absolute atomic E-state index is 5.54. The lowest BCUT2D eigenvalue weighted by Crippen LogP contribution is -2.17. The van der Waals surface area contributed by atoms with Gasteiger partial charge in [-0.3, -0.25) is 4.68 Å². The summed E-state index contributed by atoms with van der Waals surface area (Å²) in [6.45, 7) is 5.70. The minimum Gasteiger partial charge on any atom is -0.381 e. The van der Waals surface area contributed by atoms with E-state index in [1.165, 1.54) is 17.3 Å². The van der Waals surface area contributed by atoms with Crippen LogP contribution in [0.4, 0.5) is 0 Å². The molecular weight excluding hydrogens is 250 g/mol. The molecule has 110 valence electrons. The minimum atomic E-state index is 0.816. The summed E-state index contributed by atoms with van der Waals surface area (Å²) in [4.78, 5) is 0. The highest BCUT2D eigenvalue weighted by molar-refractivity contribution is 5.81. The highest BCUT2D eigenvalue weighted by Crippen LogP contribution is 2.16. The molecule has 2 aromatic rings. The molecule has 1 heterocycles. The van der Waals surface area contributed by atoms with Gasteiger partial charge in [-0.25, -0.2) is 0 Å². The molecule has 1 aromatic heterocycles. The predicted molar refractivity (Wildman–Crippen MR) is 82.8 cm³/mol. The van der Waals surface area contributed by atoms with Crippen LogP contribution in [0.2, 0.25) is 0 Å². The van der Waals surface area contributed by atoms with Gasteiger partial charge in [0.2, 0.25) is 0 Å². The second-order valence-corrected chi connectivity index (χ2v) is 5.08. The van der Waals surface area contributed by atoms with E-state index in [1.807, 2.05) is 11.7 Å². The van der Waals surface area contributed by atoms with Crippen LogP contribution in [-0.4, -0.2) is 29.5 Å². The molecule has 0 amide bonds.